The van der Waals surface area contributed by atoms with E-state index in [1.165, 1.54) is 283 Å². The zero-order valence-corrected chi connectivity index (χ0v) is 66.8. The minimum absolute atomic E-state index is 0.247. The molecule has 0 aromatic carbocycles. The van der Waals surface area contributed by atoms with Crippen LogP contribution in [0.25, 0.3) is 0 Å². The maximum absolute atomic E-state index is 13.4. The van der Waals surface area contributed by atoms with Crippen LogP contribution in [0.15, 0.2) is 85.1 Å². The van der Waals surface area contributed by atoms with Crippen LogP contribution in [-0.4, -0.2) is 140 Å². The van der Waals surface area contributed by atoms with Gasteiger partial charge in [-0.2, -0.15) is 0 Å². The van der Waals surface area contributed by atoms with E-state index in [9.17, 15) is 45.6 Å². The fourth-order valence-electron chi connectivity index (χ4n) is 14.2. The second kappa shape index (κ2) is 73.0. The lowest BCUT2D eigenvalue weighted by Crippen LogP contribution is -2.65. The normalized spacial score (nSPS) is 21.9. The largest absolute Gasteiger partial charge is 0.394 e. The first-order valence-corrected chi connectivity index (χ1v) is 43.8. The highest BCUT2D eigenvalue weighted by atomic mass is 16.7. The van der Waals surface area contributed by atoms with Gasteiger partial charge in [0.25, 0.3) is 0 Å². The van der Waals surface area contributed by atoms with Crippen LogP contribution in [0.3, 0.4) is 0 Å². The van der Waals surface area contributed by atoms with Gasteiger partial charge in [0.15, 0.2) is 12.6 Å². The number of aliphatic hydroxyl groups is 8. The minimum Gasteiger partial charge on any atom is -0.394 e. The van der Waals surface area contributed by atoms with Crippen LogP contribution in [0.5, 0.6) is 0 Å². The number of rotatable bonds is 74. The summed E-state index contributed by atoms with van der Waals surface area (Å²) in [5.74, 6) is -0.247. The minimum atomic E-state index is -1.80. The highest BCUT2D eigenvalue weighted by molar-refractivity contribution is 5.76. The molecule has 606 valence electrons. The Morgan fingerprint density at radius 2 is 0.673 bits per heavy atom. The molecule has 0 aliphatic carbocycles. The molecular formula is C90H163NO13. The standard InChI is InChI=1S/C90H163NO13/c1-3-5-7-9-11-13-15-17-19-21-23-25-27-29-31-33-35-37-38-39-40-42-44-46-48-50-52-54-56-58-60-62-64-66-68-70-72-74-82(95)91-78(77-101-89-87(100)85(98)88(81(76-93)103-89)104-90-86(99)84(97)83(96)80(75-92)102-90)79(94)73-71-69-67-65-63-61-59-57-55-53-51-49-47-45-43-41-36-34-32-30-28-26-24-22-20-18-16-14-12-10-8-6-4-2/h5,7,11,13,17,19,23,25,55,57,63,65,71,73,78-81,83-90,92-94,96-100H,3-4,6,8-10,12,14-16,18,20-22,24,26-54,56,58-62,64,66-70,72,74-77H2,1-2H3,(H,91,95)/b7-5-,13-11-,19-17-,25-23-,57-55+,65-63+,73-71+. The molecule has 0 aromatic heterocycles. The molecule has 14 heteroatoms. The van der Waals surface area contributed by atoms with Crippen LogP contribution in [0.1, 0.15) is 386 Å². The van der Waals surface area contributed by atoms with Gasteiger partial charge in [-0.25, -0.2) is 0 Å². The van der Waals surface area contributed by atoms with Crippen molar-refractivity contribution in [1.82, 2.24) is 5.32 Å². The van der Waals surface area contributed by atoms with Gasteiger partial charge in [0.05, 0.1) is 32.0 Å². The van der Waals surface area contributed by atoms with Gasteiger partial charge in [-0.1, -0.05) is 381 Å². The smallest absolute Gasteiger partial charge is 0.220 e. The van der Waals surface area contributed by atoms with E-state index >= 15 is 0 Å². The number of hydrogen-bond donors (Lipinski definition) is 9. The van der Waals surface area contributed by atoms with Gasteiger partial charge in [0.2, 0.25) is 5.91 Å². The van der Waals surface area contributed by atoms with E-state index in [1.54, 1.807) is 6.08 Å². The summed E-state index contributed by atoms with van der Waals surface area (Å²) in [7, 11) is 0. The monoisotopic (exact) mass is 1470 g/mol. The molecule has 2 heterocycles. The van der Waals surface area contributed by atoms with Crippen molar-refractivity contribution in [2.24, 2.45) is 0 Å². The van der Waals surface area contributed by atoms with Crippen molar-refractivity contribution in [3.05, 3.63) is 85.1 Å². The SMILES string of the molecule is CC/C=C\C/C=C\C/C=C\C/C=C\CCCCCCCCCCCCCCCCCCCCCCCCCCC(=O)NC(COC1OC(CO)C(OC2OC(CO)C(O)C(O)C2O)C(O)C1O)C(O)/C=C/CC/C=C/CC/C=C/CCCCCCCCCCCCCCCCCCCCCCCCC. The number of aliphatic hydroxyl groups excluding tert-OH is 8. The lowest BCUT2D eigenvalue weighted by Gasteiger charge is -2.46. The summed E-state index contributed by atoms with van der Waals surface area (Å²) >= 11 is 0. The summed E-state index contributed by atoms with van der Waals surface area (Å²) in [5, 5.41) is 87.8. The fraction of sp³-hybridized carbons (Fsp3) is 0.833. The van der Waals surface area contributed by atoms with Crippen LogP contribution in [0, 0.1) is 0 Å². The van der Waals surface area contributed by atoms with E-state index in [-0.39, 0.29) is 18.9 Å². The molecule has 2 aliphatic rings. The second-order valence-corrected chi connectivity index (χ2v) is 30.6. The topological polar surface area (TPSA) is 228 Å². The first-order chi connectivity index (χ1) is 51.1. The van der Waals surface area contributed by atoms with Crippen molar-refractivity contribution >= 4 is 5.91 Å². The molecule has 2 fully saturated rings. The summed E-state index contributed by atoms with van der Waals surface area (Å²) in [6.07, 6.45) is 87.0. The Hall–Kier alpha value is -2.83. The second-order valence-electron chi connectivity index (χ2n) is 30.6. The van der Waals surface area contributed by atoms with Crippen molar-refractivity contribution in [1.29, 1.82) is 0 Å². The van der Waals surface area contributed by atoms with Gasteiger partial charge < -0.3 is 65.1 Å². The Labute approximate surface area is 637 Å². The number of carbonyl (C=O) groups excluding carboxylic acids is 1. The third-order valence-corrected chi connectivity index (χ3v) is 21.0. The van der Waals surface area contributed by atoms with E-state index in [2.05, 4.69) is 92.1 Å². The predicted molar refractivity (Wildman–Crippen MR) is 433 cm³/mol. The van der Waals surface area contributed by atoms with Crippen molar-refractivity contribution in [3.8, 4) is 0 Å². The molecule has 12 atom stereocenters. The highest BCUT2D eigenvalue weighted by Gasteiger charge is 2.51. The molecule has 0 radical (unpaired) electrons. The summed E-state index contributed by atoms with van der Waals surface area (Å²) in [5.41, 5.74) is 0. The van der Waals surface area contributed by atoms with Gasteiger partial charge in [-0.15, -0.1) is 0 Å². The van der Waals surface area contributed by atoms with Crippen molar-refractivity contribution < 1.29 is 64.6 Å². The van der Waals surface area contributed by atoms with Crippen LogP contribution < -0.4 is 5.32 Å². The zero-order chi connectivity index (χ0) is 75.1. The van der Waals surface area contributed by atoms with E-state index in [0.29, 0.717) is 12.8 Å². The van der Waals surface area contributed by atoms with Gasteiger partial charge >= 0.3 is 0 Å². The van der Waals surface area contributed by atoms with E-state index in [0.717, 1.165) is 70.6 Å². The van der Waals surface area contributed by atoms with Crippen LogP contribution in [-0.2, 0) is 23.7 Å². The Bertz CT molecular complexity index is 2080. The Morgan fingerprint density at radius 3 is 1.06 bits per heavy atom. The molecule has 2 saturated heterocycles. The summed E-state index contributed by atoms with van der Waals surface area (Å²) in [6, 6.07) is -0.942. The lowest BCUT2D eigenvalue weighted by atomic mass is 9.97. The first-order valence-electron chi connectivity index (χ1n) is 43.8. The number of ether oxygens (including phenoxy) is 4. The fourth-order valence-corrected chi connectivity index (χ4v) is 14.2. The molecular weight excluding hydrogens is 1300 g/mol. The van der Waals surface area contributed by atoms with Crippen LogP contribution >= 0.6 is 0 Å². The molecule has 0 saturated carbocycles. The predicted octanol–water partition coefficient (Wildman–Crippen LogP) is 21.0. The lowest BCUT2D eigenvalue weighted by molar-refractivity contribution is -0.359. The molecule has 12 unspecified atom stereocenters. The summed E-state index contributed by atoms with van der Waals surface area (Å²) in [4.78, 5) is 13.4. The number of carbonyl (C=O) groups is 1. The Balaban J connectivity index is 1.59. The zero-order valence-electron chi connectivity index (χ0n) is 66.8. The average molecular weight is 1470 g/mol. The molecule has 9 N–H and O–H groups in total. The average Bonchev–Trinajstić information content (AvgIpc) is 0.790. The molecule has 14 nitrogen and oxygen atoms in total. The molecule has 0 bridgehead atoms. The van der Waals surface area contributed by atoms with Crippen molar-refractivity contribution in [3.63, 3.8) is 0 Å². The molecule has 2 rings (SSSR count). The Morgan fingerprint density at radius 1 is 0.356 bits per heavy atom. The first kappa shape index (κ1) is 97.2. The van der Waals surface area contributed by atoms with Crippen LogP contribution in [0.2, 0.25) is 0 Å². The van der Waals surface area contributed by atoms with Gasteiger partial charge in [-0.05, 0) is 83.5 Å². The van der Waals surface area contributed by atoms with Crippen molar-refractivity contribution in [2.45, 2.75) is 460 Å². The van der Waals surface area contributed by atoms with Gasteiger partial charge in [0.1, 0.15) is 48.8 Å². The maximum Gasteiger partial charge on any atom is 0.220 e. The van der Waals surface area contributed by atoms with E-state index in [1.807, 2.05) is 6.08 Å². The molecule has 104 heavy (non-hydrogen) atoms. The molecule has 2 aliphatic heterocycles. The summed E-state index contributed by atoms with van der Waals surface area (Å²) < 4.78 is 22.9. The van der Waals surface area contributed by atoms with E-state index in [4.69, 9.17) is 18.9 Å². The molecule has 0 aromatic rings. The van der Waals surface area contributed by atoms with E-state index < -0.39 is 86.8 Å². The molecule has 0 spiro atoms. The number of allylic oxidation sites excluding steroid dienone is 13. The highest BCUT2D eigenvalue weighted by Crippen LogP contribution is 2.30. The quantitative estimate of drug-likeness (QED) is 0.0204. The van der Waals surface area contributed by atoms with Gasteiger partial charge in [-0.3, -0.25) is 4.79 Å². The number of amides is 1. The number of nitrogens with one attached hydrogen (secondary N) is 1. The van der Waals surface area contributed by atoms with Crippen molar-refractivity contribution in [2.75, 3.05) is 19.8 Å². The summed E-state index contributed by atoms with van der Waals surface area (Å²) in [6.45, 7) is 2.72. The number of unbranched alkanes of at least 4 members (excludes halogenated alkanes) is 49. The van der Waals surface area contributed by atoms with Crippen LogP contribution in [0.4, 0.5) is 0 Å². The van der Waals surface area contributed by atoms with Gasteiger partial charge in [0, 0.05) is 6.42 Å². The Kier molecular flexibility index (Phi) is 68.3. The molecule has 1 amide bonds. The third kappa shape index (κ3) is 54.7. The third-order valence-electron chi connectivity index (χ3n) is 21.0. The maximum atomic E-state index is 13.4. The number of hydrogen-bond acceptors (Lipinski definition) is 13.